The van der Waals surface area contributed by atoms with E-state index in [-0.39, 0.29) is 0 Å². The molecule has 65 valence electrons. The first kappa shape index (κ1) is 10.6. The minimum absolute atomic E-state index is 0.346. The molecule has 0 fully saturated rings. The van der Waals surface area contributed by atoms with Crippen molar-refractivity contribution >= 4 is 6.29 Å². The molecule has 2 heteroatoms. The van der Waals surface area contributed by atoms with Crippen molar-refractivity contribution in [2.24, 2.45) is 0 Å². The molecule has 2 nitrogen and oxygen atoms in total. The van der Waals surface area contributed by atoms with Gasteiger partial charge in [0.2, 0.25) is 0 Å². The van der Waals surface area contributed by atoms with Gasteiger partial charge in [-0.1, -0.05) is 20.3 Å². The molecule has 0 bridgehead atoms. The number of hydrogen-bond acceptors (Lipinski definition) is 2. The Hall–Kier alpha value is -0.370. The van der Waals surface area contributed by atoms with Crippen molar-refractivity contribution in [2.45, 2.75) is 45.6 Å². The zero-order chi connectivity index (χ0) is 8.53. The molecule has 0 aromatic carbocycles. The normalized spacial score (nSPS) is 12.9. The molecule has 0 aliphatic rings. The van der Waals surface area contributed by atoms with Gasteiger partial charge in [0.25, 0.3) is 0 Å². The van der Waals surface area contributed by atoms with Gasteiger partial charge in [0.15, 0.2) is 6.29 Å². The second kappa shape index (κ2) is 7.73. The van der Waals surface area contributed by atoms with Crippen LogP contribution >= 0.6 is 0 Å². The van der Waals surface area contributed by atoms with Crippen LogP contribution in [-0.4, -0.2) is 18.9 Å². The Kier molecular flexibility index (Phi) is 7.47. The zero-order valence-electron chi connectivity index (χ0n) is 7.52. The Bertz CT molecular complexity index is 93.6. The average Bonchev–Trinajstić information content (AvgIpc) is 2.03. The lowest BCUT2D eigenvalue weighted by Gasteiger charge is -2.12. The molecule has 0 aromatic heterocycles. The van der Waals surface area contributed by atoms with E-state index in [0.717, 1.165) is 13.0 Å². The fourth-order valence-electron chi connectivity index (χ4n) is 0.944. The van der Waals surface area contributed by atoms with E-state index in [1.165, 1.54) is 12.8 Å². The summed E-state index contributed by atoms with van der Waals surface area (Å²) in [5.74, 6) is 0. The third kappa shape index (κ3) is 6.05. The highest BCUT2D eigenvalue weighted by molar-refractivity contribution is 5.51. The summed E-state index contributed by atoms with van der Waals surface area (Å²) in [6.45, 7) is 5.27. The lowest BCUT2D eigenvalue weighted by Crippen LogP contribution is -2.29. The molecule has 1 N–H and O–H groups in total. The van der Waals surface area contributed by atoms with Gasteiger partial charge < -0.3 is 5.32 Å². The van der Waals surface area contributed by atoms with E-state index in [9.17, 15) is 4.79 Å². The lowest BCUT2D eigenvalue weighted by atomic mass is 10.1. The molecule has 11 heavy (non-hydrogen) atoms. The van der Waals surface area contributed by atoms with Crippen LogP contribution in [0.15, 0.2) is 0 Å². The van der Waals surface area contributed by atoms with Gasteiger partial charge in [-0.2, -0.15) is 0 Å². The van der Waals surface area contributed by atoms with Crippen LogP contribution in [-0.2, 0) is 4.79 Å². The van der Waals surface area contributed by atoms with Crippen LogP contribution in [0.3, 0.4) is 0 Å². The van der Waals surface area contributed by atoms with Gasteiger partial charge in [-0.25, -0.2) is 0 Å². The van der Waals surface area contributed by atoms with Crippen molar-refractivity contribution in [2.75, 3.05) is 6.54 Å². The molecule has 0 aliphatic carbocycles. The number of carbonyl (C=O) groups excluding carboxylic acids is 1. The third-order valence-electron chi connectivity index (χ3n) is 1.79. The molecule has 0 spiro atoms. The Morgan fingerprint density at radius 3 is 2.64 bits per heavy atom. The van der Waals surface area contributed by atoms with Crippen LogP contribution in [0.5, 0.6) is 0 Å². The zero-order valence-corrected chi connectivity index (χ0v) is 7.52. The Balaban J connectivity index is 3.27. The van der Waals surface area contributed by atoms with Crippen molar-refractivity contribution in [1.29, 1.82) is 0 Å². The summed E-state index contributed by atoms with van der Waals surface area (Å²) < 4.78 is 0. The first-order valence-electron chi connectivity index (χ1n) is 4.43. The second-order valence-electron chi connectivity index (χ2n) is 2.76. The van der Waals surface area contributed by atoms with E-state index < -0.39 is 0 Å². The van der Waals surface area contributed by atoms with Gasteiger partial charge in [-0.15, -0.1) is 0 Å². The number of nitrogens with one attached hydrogen (secondary N) is 1. The highest BCUT2D eigenvalue weighted by Gasteiger charge is 2.02. The minimum Gasteiger partial charge on any atom is -0.314 e. The van der Waals surface area contributed by atoms with Crippen molar-refractivity contribution in [1.82, 2.24) is 5.32 Å². The highest BCUT2D eigenvalue weighted by Crippen LogP contribution is 1.95. The van der Waals surface area contributed by atoms with Gasteiger partial charge >= 0.3 is 0 Å². The molecular formula is C9H18NO. The van der Waals surface area contributed by atoms with Crippen LogP contribution in [0.25, 0.3) is 0 Å². The highest BCUT2D eigenvalue weighted by atomic mass is 16.1. The van der Waals surface area contributed by atoms with E-state index >= 15 is 0 Å². The topological polar surface area (TPSA) is 29.1 Å². The maximum absolute atomic E-state index is 10.0. The summed E-state index contributed by atoms with van der Waals surface area (Å²) >= 11 is 0. The van der Waals surface area contributed by atoms with Gasteiger partial charge in [-0.05, 0) is 19.4 Å². The molecule has 1 unspecified atom stereocenters. The largest absolute Gasteiger partial charge is 0.314 e. The quantitative estimate of drug-likeness (QED) is 0.568. The van der Waals surface area contributed by atoms with Gasteiger partial charge in [0, 0.05) is 12.5 Å². The van der Waals surface area contributed by atoms with Crippen molar-refractivity contribution in [3.8, 4) is 0 Å². The molecule has 0 rings (SSSR count). The molecule has 1 atom stereocenters. The molecular weight excluding hydrogens is 138 g/mol. The maximum atomic E-state index is 10.0. The first-order valence-corrected chi connectivity index (χ1v) is 4.43. The SMILES string of the molecule is CCCCNC(CC)C[C]=O. The maximum Gasteiger partial charge on any atom is 0.199 e. The van der Waals surface area contributed by atoms with E-state index in [2.05, 4.69) is 19.2 Å². The molecule has 0 aliphatic heterocycles. The fraction of sp³-hybridized carbons (Fsp3) is 0.889. The predicted molar refractivity (Wildman–Crippen MR) is 47.3 cm³/mol. The van der Waals surface area contributed by atoms with Crippen LogP contribution in [0, 0.1) is 0 Å². The summed E-state index contributed by atoms with van der Waals surface area (Å²) in [5.41, 5.74) is 0. The summed E-state index contributed by atoms with van der Waals surface area (Å²) in [7, 11) is 0. The number of rotatable bonds is 7. The Labute approximate surface area is 69.4 Å². The Morgan fingerprint density at radius 1 is 1.45 bits per heavy atom. The second-order valence-corrected chi connectivity index (χ2v) is 2.76. The molecule has 0 saturated heterocycles. The fourth-order valence-corrected chi connectivity index (χ4v) is 0.944. The number of hydrogen-bond donors (Lipinski definition) is 1. The molecule has 0 amide bonds. The van der Waals surface area contributed by atoms with E-state index in [1.807, 2.05) is 6.29 Å². The third-order valence-corrected chi connectivity index (χ3v) is 1.79. The van der Waals surface area contributed by atoms with Crippen molar-refractivity contribution < 1.29 is 4.79 Å². The van der Waals surface area contributed by atoms with E-state index in [0.29, 0.717) is 12.5 Å². The molecule has 0 heterocycles. The number of unbranched alkanes of at least 4 members (excludes halogenated alkanes) is 1. The van der Waals surface area contributed by atoms with Crippen molar-refractivity contribution in [3.63, 3.8) is 0 Å². The average molecular weight is 156 g/mol. The van der Waals surface area contributed by atoms with Gasteiger partial charge in [0.05, 0.1) is 0 Å². The monoisotopic (exact) mass is 156 g/mol. The first-order chi connectivity index (χ1) is 5.35. The lowest BCUT2D eigenvalue weighted by molar-refractivity contribution is 0.480. The van der Waals surface area contributed by atoms with Crippen LogP contribution in [0.4, 0.5) is 0 Å². The summed E-state index contributed by atoms with van der Waals surface area (Å²) in [6, 6.07) is 0.346. The Morgan fingerprint density at radius 2 is 2.18 bits per heavy atom. The van der Waals surface area contributed by atoms with Crippen LogP contribution in [0.2, 0.25) is 0 Å². The standard InChI is InChI=1S/C9H18NO/c1-3-5-7-10-9(4-2)6-8-11/h9-10H,3-7H2,1-2H3. The smallest absolute Gasteiger partial charge is 0.199 e. The molecule has 0 saturated carbocycles. The minimum atomic E-state index is 0.346. The van der Waals surface area contributed by atoms with Crippen LogP contribution < -0.4 is 5.32 Å². The van der Waals surface area contributed by atoms with Gasteiger partial charge in [-0.3, -0.25) is 4.79 Å². The summed E-state index contributed by atoms with van der Waals surface area (Å²) in [6.07, 6.45) is 5.87. The van der Waals surface area contributed by atoms with E-state index in [1.54, 1.807) is 0 Å². The van der Waals surface area contributed by atoms with Crippen LogP contribution in [0.1, 0.15) is 39.5 Å². The molecule has 1 radical (unpaired) electrons. The predicted octanol–water partition coefficient (Wildman–Crippen LogP) is 1.65. The van der Waals surface area contributed by atoms with Crippen molar-refractivity contribution in [3.05, 3.63) is 0 Å². The van der Waals surface area contributed by atoms with Gasteiger partial charge in [0.1, 0.15) is 0 Å². The summed E-state index contributed by atoms with van der Waals surface area (Å²) in [4.78, 5) is 10.0. The summed E-state index contributed by atoms with van der Waals surface area (Å²) in [5, 5.41) is 3.31. The van der Waals surface area contributed by atoms with E-state index in [4.69, 9.17) is 0 Å². The molecule has 0 aromatic rings.